The topological polar surface area (TPSA) is 83.0 Å². The van der Waals surface area contributed by atoms with Gasteiger partial charge in [0, 0.05) is 41.4 Å². The van der Waals surface area contributed by atoms with E-state index in [-0.39, 0.29) is 11.8 Å². The monoisotopic (exact) mass is 402 g/mol. The molecular formula is C23H26N6O. The quantitative estimate of drug-likeness (QED) is 0.674. The molecule has 7 nitrogen and oxygen atoms in total. The minimum Gasteiger partial charge on any atom is -0.326 e. The molecule has 0 unspecified atom stereocenters. The smallest absolute Gasteiger partial charge is 0.227 e. The zero-order chi connectivity index (χ0) is 20.9. The molecule has 0 spiro atoms. The van der Waals surface area contributed by atoms with Crippen LogP contribution in [-0.4, -0.2) is 45.9 Å². The van der Waals surface area contributed by atoms with Gasteiger partial charge in [-0.3, -0.25) is 9.78 Å². The van der Waals surface area contributed by atoms with Gasteiger partial charge in [-0.05, 0) is 75.8 Å². The van der Waals surface area contributed by atoms with Gasteiger partial charge in [0.15, 0.2) is 0 Å². The molecule has 0 bridgehead atoms. The maximum absolute atomic E-state index is 12.6. The predicted molar refractivity (Wildman–Crippen MR) is 119 cm³/mol. The molecule has 30 heavy (non-hydrogen) atoms. The largest absolute Gasteiger partial charge is 0.326 e. The highest BCUT2D eigenvalue weighted by Gasteiger charge is 2.23. The van der Waals surface area contributed by atoms with Crippen molar-refractivity contribution in [3.63, 3.8) is 0 Å². The van der Waals surface area contributed by atoms with Crippen LogP contribution in [0.4, 0.5) is 17.3 Å². The molecule has 4 rings (SSSR count). The normalized spacial score (nSPS) is 15.0. The van der Waals surface area contributed by atoms with E-state index < -0.39 is 0 Å². The molecule has 1 amide bonds. The molecule has 2 N–H and O–H groups in total. The van der Waals surface area contributed by atoms with Gasteiger partial charge in [0.1, 0.15) is 0 Å². The summed E-state index contributed by atoms with van der Waals surface area (Å²) in [4.78, 5) is 28.0. The highest BCUT2D eigenvalue weighted by atomic mass is 16.1. The van der Waals surface area contributed by atoms with Gasteiger partial charge < -0.3 is 15.5 Å². The van der Waals surface area contributed by atoms with Gasteiger partial charge in [0.2, 0.25) is 11.9 Å². The van der Waals surface area contributed by atoms with E-state index >= 15 is 0 Å². The van der Waals surface area contributed by atoms with Gasteiger partial charge in [0.05, 0.1) is 5.69 Å². The zero-order valence-corrected chi connectivity index (χ0v) is 17.3. The van der Waals surface area contributed by atoms with Crippen molar-refractivity contribution in [2.75, 3.05) is 30.8 Å². The molecule has 0 radical (unpaired) electrons. The number of hydrogen-bond donors (Lipinski definition) is 2. The fourth-order valence-corrected chi connectivity index (χ4v) is 3.56. The van der Waals surface area contributed by atoms with E-state index in [2.05, 4.69) is 37.5 Å². The van der Waals surface area contributed by atoms with Crippen LogP contribution in [0.25, 0.3) is 11.3 Å². The number of piperidine rings is 1. The summed E-state index contributed by atoms with van der Waals surface area (Å²) in [6.45, 7) is 3.93. The molecule has 1 aliphatic heterocycles. The Kier molecular flexibility index (Phi) is 5.99. The third-order valence-electron chi connectivity index (χ3n) is 5.45. The second-order valence-electron chi connectivity index (χ2n) is 7.73. The third kappa shape index (κ3) is 4.80. The second kappa shape index (κ2) is 9.00. The molecule has 154 valence electrons. The van der Waals surface area contributed by atoms with E-state index in [9.17, 15) is 4.79 Å². The van der Waals surface area contributed by atoms with Crippen molar-refractivity contribution >= 4 is 23.2 Å². The molecule has 0 saturated carbocycles. The Morgan fingerprint density at radius 2 is 1.97 bits per heavy atom. The number of carbonyl (C=O) groups is 1. The number of nitrogens with zero attached hydrogens (tertiary/aromatic N) is 4. The van der Waals surface area contributed by atoms with E-state index in [0.29, 0.717) is 5.95 Å². The maximum Gasteiger partial charge on any atom is 0.227 e. The van der Waals surface area contributed by atoms with E-state index in [0.717, 1.165) is 54.1 Å². The number of aromatic nitrogens is 3. The fourth-order valence-electron chi connectivity index (χ4n) is 3.56. The Hall–Kier alpha value is -3.32. The molecule has 7 heteroatoms. The standard InChI is InChI=1S/C23H26N6O/c1-16-5-6-19(26-22(30)17-8-12-29(2)13-9-17)14-21(16)28-23-25-11-7-20(27-23)18-4-3-10-24-15-18/h3-7,10-11,14-15,17H,8-9,12-13H2,1-2H3,(H,26,30)(H,25,27,28). The minimum atomic E-state index is 0.0680. The lowest BCUT2D eigenvalue weighted by Crippen LogP contribution is -2.35. The van der Waals surface area contributed by atoms with Crippen LogP contribution in [0.2, 0.25) is 0 Å². The van der Waals surface area contributed by atoms with E-state index in [1.807, 2.05) is 43.3 Å². The first-order valence-corrected chi connectivity index (χ1v) is 10.2. The number of benzene rings is 1. The Morgan fingerprint density at radius 3 is 2.73 bits per heavy atom. The van der Waals surface area contributed by atoms with Crippen LogP contribution in [0.5, 0.6) is 0 Å². The van der Waals surface area contributed by atoms with Gasteiger partial charge in [-0.2, -0.15) is 0 Å². The molecule has 3 heterocycles. The van der Waals surface area contributed by atoms with Crippen molar-refractivity contribution < 1.29 is 4.79 Å². The van der Waals surface area contributed by atoms with E-state index in [1.54, 1.807) is 18.6 Å². The van der Waals surface area contributed by atoms with Crippen molar-refractivity contribution in [1.29, 1.82) is 0 Å². The molecule has 0 aliphatic carbocycles. The van der Waals surface area contributed by atoms with Crippen LogP contribution < -0.4 is 10.6 Å². The van der Waals surface area contributed by atoms with Crippen molar-refractivity contribution in [1.82, 2.24) is 19.9 Å². The van der Waals surface area contributed by atoms with Crippen LogP contribution >= 0.6 is 0 Å². The van der Waals surface area contributed by atoms with Crippen LogP contribution in [0, 0.1) is 12.8 Å². The van der Waals surface area contributed by atoms with Crippen LogP contribution in [0.1, 0.15) is 18.4 Å². The highest BCUT2D eigenvalue weighted by Crippen LogP contribution is 2.25. The van der Waals surface area contributed by atoms with Gasteiger partial charge in [-0.1, -0.05) is 6.07 Å². The van der Waals surface area contributed by atoms with E-state index in [4.69, 9.17) is 0 Å². The van der Waals surface area contributed by atoms with Gasteiger partial charge in [-0.25, -0.2) is 9.97 Å². The van der Waals surface area contributed by atoms with E-state index in [1.165, 1.54) is 0 Å². The first-order valence-electron chi connectivity index (χ1n) is 10.2. The fraction of sp³-hybridized carbons (Fsp3) is 0.304. The van der Waals surface area contributed by atoms with Crippen LogP contribution in [0.3, 0.4) is 0 Å². The Balaban J connectivity index is 1.48. The third-order valence-corrected chi connectivity index (χ3v) is 5.45. The Labute approximate surface area is 176 Å². The molecule has 1 aromatic carbocycles. The van der Waals surface area contributed by atoms with Gasteiger partial charge in [0.25, 0.3) is 0 Å². The number of hydrogen-bond acceptors (Lipinski definition) is 6. The number of nitrogens with one attached hydrogen (secondary N) is 2. The average molecular weight is 403 g/mol. The van der Waals surface area contributed by atoms with Crippen molar-refractivity contribution in [3.05, 3.63) is 60.6 Å². The summed E-state index contributed by atoms with van der Waals surface area (Å²) >= 11 is 0. The number of pyridine rings is 1. The lowest BCUT2D eigenvalue weighted by molar-refractivity contribution is -0.121. The number of anilines is 3. The number of aryl methyl sites for hydroxylation is 1. The first-order chi connectivity index (χ1) is 14.6. The summed E-state index contributed by atoms with van der Waals surface area (Å²) in [5, 5.41) is 6.35. The number of amides is 1. The molecular weight excluding hydrogens is 376 g/mol. The second-order valence-corrected chi connectivity index (χ2v) is 7.73. The SMILES string of the molecule is Cc1ccc(NC(=O)C2CCN(C)CC2)cc1Nc1nccc(-c2cccnc2)n1. The first kappa shape index (κ1) is 20.0. The summed E-state index contributed by atoms with van der Waals surface area (Å²) in [6.07, 6.45) is 7.02. The molecule has 1 aliphatic rings. The number of carbonyl (C=O) groups excluding carboxylic acids is 1. The summed E-state index contributed by atoms with van der Waals surface area (Å²) in [5.41, 5.74) is 4.40. The summed E-state index contributed by atoms with van der Waals surface area (Å²) in [5.74, 6) is 0.657. The summed E-state index contributed by atoms with van der Waals surface area (Å²) in [7, 11) is 2.09. The lowest BCUT2D eigenvalue weighted by Gasteiger charge is -2.28. The predicted octanol–water partition coefficient (Wildman–Crippen LogP) is 3.87. The molecule has 1 fully saturated rings. The molecule has 3 aromatic rings. The van der Waals surface area contributed by atoms with Crippen molar-refractivity contribution in [2.24, 2.45) is 5.92 Å². The van der Waals surface area contributed by atoms with Crippen LogP contribution in [0.15, 0.2) is 55.0 Å². The average Bonchev–Trinajstić information content (AvgIpc) is 2.77. The Morgan fingerprint density at radius 1 is 1.13 bits per heavy atom. The van der Waals surface area contributed by atoms with Gasteiger partial charge in [-0.15, -0.1) is 0 Å². The van der Waals surface area contributed by atoms with Crippen LogP contribution in [-0.2, 0) is 4.79 Å². The molecule has 2 aromatic heterocycles. The Bertz CT molecular complexity index is 1020. The highest BCUT2D eigenvalue weighted by molar-refractivity contribution is 5.93. The van der Waals surface area contributed by atoms with Crippen molar-refractivity contribution in [2.45, 2.75) is 19.8 Å². The molecule has 0 atom stereocenters. The molecule has 1 saturated heterocycles. The summed E-state index contributed by atoms with van der Waals surface area (Å²) in [6, 6.07) is 11.5. The van der Waals surface area contributed by atoms with Crippen molar-refractivity contribution in [3.8, 4) is 11.3 Å². The maximum atomic E-state index is 12.6. The summed E-state index contributed by atoms with van der Waals surface area (Å²) < 4.78 is 0. The lowest BCUT2D eigenvalue weighted by atomic mass is 9.96. The number of rotatable bonds is 5. The zero-order valence-electron chi connectivity index (χ0n) is 17.3. The number of likely N-dealkylation sites (tertiary alicyclic amines) is 1. The minimum absolute atomic E-state index is 0.0680. The van der Waals surface area contributed by atoms with Gasteiger partial charge >= 0.3 is 0 Å².